The minimum Gasteiger partial charge on any atom is -0.805 e. The van der Waals surface area contributed by atoms with Gasteiger partial charge in [-0.2, -0.15) is 0 Å². The number of pyridine rings is 1. The number of para-hydroxylation sites is 2. The fraction of sp³-hybridized carbons (Fsp3) is 0.176. The zero-order valence-corrected chi connectivity index (χ0v) is 14.3. The molecule has 1 amide bonds. The van der Waals surface area contributed by atoms with Gasteiger partial charge in [0.1, 0.15) is 11.2 Å². The summed E-state index contributed by atoms with van der Waals surface area (Å²) in [5.74, 6) is -0.370. The van der Waals surface area contributed by atoms with Gasteiger partial charge in [0.05, 0.1) is 4.43 Å². The number of carbonyl (C=O) groups is 1. The number of nitrogens with zero attached hydrogens (tertiary/aromatic N) is 3. The summed E-state index contributed by atoms with van der Waals surface area (Å²) in [7, 11) is 0. The lowest BCUT2D eigenvalue weighted by Gasteiger charge is -2.18. The van der Waals surface area contributed by atoms with E-state index in [2.05, 4.69) is 10.3 Å². The number of hydrogen-bond donors (Lipinski definition) is 1. The van der Waals surface area contributed by atoms with Crippen LogP contribution < -0.4 is 9.74 Å². The van der Waals surface area contributed by atoms with Crippen LogP contribution in [0.1, 0.15) is 23.1 Å². The van der Waals surface area contributed by atoms with E-state index >= 15 is 0 Å². The first kappa shape index (κ1) is 17.0. The van der Waals surface area contributed by atoms with Crippen LogP contribution >= 0.6 is 11.8 Å². The Balaban J connectivity index is 2.13. The summed E-state index contributed by atoms with van der Waals surface area (Å²) in [6.45, 7) is 2.12. The molecule has 0 spiro atoms. The number of aromatic nitrogens is 3. The molecule has 2 aromatic heterocycles. The van der Waals surface area contributed by atoms with Crippen LogP contribution in [0, 0.1) is 10.1 Å². The normalized spacial score (nSPS) is 10.8. The Kier molecular flexibility index (Phi) is 4.99. The van der Waals surface area contributed by atoms with Crippen molar-refractivity contribution in [2.75, 3.05) is 6.54 Å². The monoisotopic (exact) mass is 356 g/mol. The fourth-order valence-corrected chi connectivity index (χ4v) is 3.34. The van der Waals surface area contributed by atoms with Gasteiger partial charge in [0.15, 0.2) is 0 Å². The summed E-state index contributed by atoms with van der Waals surface area (Å²) >= 11 is 1.36. The minimum absolute atomic E-state index is 0.126. The van der Waals surface area contributed by atoms with Crippen LogP contribution in [0.3, 0.4) is 0 Å². The van der Waals surface area contributed by atoms with Gasteiger partial charge in [0.2, 0.25) is 0 Å². The summed E-state index contributed by atoms with van der Waals surface area (Å²) in [4.78, 5) is 29.9. The van der Waals surface area contributed by atoms with Gasteiger partial charge in [-0.3, -0.25) is 9.78 Å². The van der Waals surface area contributed by atoms with Crippen molar-refractivity contribution in [1.29, 1.82) is 0 Å². The number of rotatable bonds is 5. The van der Waals surface area contributed by atoms with Crippen molar-refractivity contribution in [2.45, 2.75) is 17.6 Å². The second kappa shape index (κ2) is 7.35. The van der Waals surface area contributed by atoms with Crippen molar-refractivity contribution in [2.24, 2.45) is 0 Å². The smallest absolute Gasteiger partial charge is 0.347 e. The average Bonchev–Trinajstić information content (AvgIpc) is 2.64. The molecule has 0 radical (unpaired) electrons. The molecule has 8 heteroatoms. The Morgan fingerprint density at radius 2 is 2.00 bits per heavy atom. The summed E-state index contributed by atoms with van der Waals surface area (Å²) in [5.41, 5.74) is 0.353. The lowest BCUT2D eigenvalue weighted by atomic mass is 10.2. The van der Waals surface area contributed by atoms with Crippen molar-refractivity contribution in [1.82, 2.24) is 15.0 Å². The van der Waals surface area contributed by atoms with E-state index in [9.17, 15) is 14.9 Å². The Bertz CT molecular complexity index is 973. The second-order valence-electron chi connectivity index (χ2n) is 5.20. The molecule has 0 saturated heterocycles. The number of benzene rings is 1. The van der Waals surface area contributed by atoms with E-state index in [1.165, 1.54) is 17.8 Å². The van der Waals surface area contributed by atoms with Gasteiger partial charge >= 0.3 is 11.6 Å². The molecule has 0 fully saturated rings. The number of nitrogens with one attached hydrogen (secondary N) is 1. The van der Waals surface area contributed by atoms with Gasteiger partial charge in [0.25, 0.3) is 5.52 Å². The molecular weight excluding hydrogens is 340 g/mol. The van der Waals surface area contributed by atoms with Gasteiger partial charge in [-0.05, 0) is 25.1 Å². The number of fused-ring (bicyclic) bond motifs is 1. The van der Waals surface area contributed by atoms with Crippen molar-refractivity contribution in [3.05, 3.63) is 70.3 Å². The van der Waals surface area contributed by atoms with Crippen LogP contribution in [0.4, 0.5) is 0 Å². The lowest BCUT2D eigenvalue weighted by Crippen LogP contribution is -2.37. The number of hydrogen-bond acceptors (Lipinski definition) is 5. The highest BCUT2D eigenvalue weighted by Gasteiger charge is 2.28. The van der Waals surface area contributed by atoms with Crippen LogP contribution in [0.2, 0.25) is 0 Å². The third kappa shape index (κ3) is 3.34. The first-order valence-electron chi connectivity index (χ1n) is 7.71. The molecule has 128 valence electrons. The topological polar surface area (TPSA) is 93.0 Å². The van der Waals surface area contributed by atoms with E-state index in [0.717, 1.165) is 4.90 Å². The highest BCUT2D eigenvalue weighted by atomic mass is 32.2. The van der Waals surface area contributed by atoms with Crippen LogP contribution in [0.25, 0.3) is 11.0 Å². The van der Waals surface area contributed by atoms with Crippen LogP contribution in [0.15, 0.2) is 53.7 Å². The SMILES string of the molecule is CCNC(=O)c1c(CSc2ccncc2)n([O-])c2ccccc2[n+]1=O. The first-order valence-corrected chi connectivity index (χ1v) is 8.69. The van der Waals surface area contributed by atoms with E-state index in [1.807, 2.05) is 0 Å². The van der Waals surface area contributed by atoms with E-state index in [1.54, 1.807) is 49.6 Å². The molecule has 0 unspecified atom stereocenters. The molecule has 1 N–H and O–H groups in total. The van der Waals surface area contributed by atoms with E-state index in [0.29, 0.717) is 15.7 Å². The van der Waals surface area contributed by atoms with Crippen LogP contribution in [0.5, 0.6) is 0 Å². The van der Waals surface area contributed by atoms with Crippen molar-refractivity contribution in [3.8, 4) is 0 Å². The molecule has 25 heavy (non-hydrogen) atoms. The van der Waals surface area contributed by atoms with E-state index < -0.39 is 5.91 Å². The zero-order valence-electron chi connectivity index (χ0n) is 13.5. The van der Waals surface area contributed by atoms with Gasteiger partial charge < -0.3 is 15.3 Å². The number of carbonyl (C=O) groups excluding carboxylic acids is 1. The molecule has 0 atom stereocenters. The average molecular weight is 356 g/mol. The van der Waals surface area contributed by atoms with Gasteiger partial charge in [-0.25, -0.2) is 0 Å². The lowest BCUT2D eigenvalue weighted by molar-refractivity contribution is -0.468. The van der Waals surface area contributed by atoms with Crippen LogP contribution in [-0.4, -0.2) is 22.2 Å². The standard InChI is InChI=1S/C17H16N4O3S/c1-2-19-17(22)16-15(11-25-12-7-9-18-10-8-12)20(23)13-5-3-4-6-14(13)21(16)24/h3-10H,2,11H2,1H3,(H,19,22). The Labute approximate surface area is 147 Å². The molecule has 0 saturated carbocycles. The quantitative estimate of drug-likeness (QED) is 0.559. The predicted octanol–water partition coefficient (Wildman–Crippen LogP) is 2.34. The van der Waals surface area contributed by atoms with Crippen molar-refractivity contribution >= 4 is 28.7 Å². The Hall–Kier alpha value is -2.87. The molecule has 3 rings (SSSR count). The molecule has 0 aliphatic rings. The summed E-state index contributed by atoms with van der Waals surface area (Å²) in [5, 5.41) is 15.4. The van der Waals surface area contributed by atoms with Gasteiger partial charge in [-0.15, -0.1) is 11.8 Å². The maximum absolute atomic E-state index is 12.8. The molecule has 3 aromatic rings. The third-order valence-corrected chi connectivity index (χ3v) is 4.64. The Morgan fingerprint density at radius 1 is 1.28 bits per heavy atom. The largest absolute Gasteiger partial charge is 0.805 e. The van der Waals surface area contributed by atoms with Gasteiger partial charge in [-0.1, -0.05) is 12.1 Å². The molecule has 0 aliphatic carbocycles. The molecular formula is C17H16N4O3S. The zero-order chi connectivity index (χ0) is 17.8. The predicted molar refractivity (Wildman–Crippen MR) is 95.9 cm³/mol. The van der Waals surface area contributed by atoms with E-state index in [4.69, 9.17) is 0 Å². The molecule has 2 heterocycles. The second-order valence-corrected chi connectivity index (χ2v) is 6.25. The Morgan fingerprint density at radius 3 is 2.72 bits per heavy atom. The minimum atomic E-state index is -0.557. The highest BCUT2D eigenvalue weighted by Crippen LogP contribution is 2.24. The maximum atomic E-state index is 12.8. The van der Waals surface area contributed by atoms with Crippen molar-refractivity contribution in [3.63, 3.8) is 0 Å². The first-order chi connectivity index (χ1) is 12.1. The maximum Gasteiger partial charge on any atom is 0.347 e. The molecule has 7 nitrogen and oxygen atoms in total. The van der Waals surface area contributed by atoms with Crippen molar-refractivity contribution < 1.29 is 9.22 Å². The molecule has 1 aromatic carbocycles. The molecule has 0 aliphatic heterocycles. The summed E-state index contributed by atoms with van der Waals surface area (Å²) in [6, 6.07) is 10.0. The van der Waals surface area contributed by atoms with Crippen LogP contribution in [-0.2, 0) is 5.75 Å². The highest BCUT2D eigenvalue weighted by molar-refractivity contribution is 7.98. The molecule has 0 bridgehead atoms. The van der Waals surface area contributed by atoms with E-state index in [-0.39, 0.29) is 28.2 Å². The third-order valence-electron chi connectivity index (χ3n) is 3.62. The number of thioether (sulfide) groups is 1. The number of amides is 1. The fourth-order valence-electron chi connectivity index (χ4n) is 2.47. The summed E-state index contributed by atoms with van der Waals surface area (Å²) in [6.07, 6.45) is 3.29. The summed E-state index contributed by atoms with van der Waals surface area (Å²) < 4.78 is 1.21. The van der Waals surface area contributed by atoms with Gasteiger partial charge in [0, 0.05) is 40.6 Å².